The van der Waals surface area contributed by atoms with Crippen molar-refractivity contribution < 1.29 is 4.79 Å². The fourth-order valence-electron chi connectivity index (χ4n) is 5.06. The van der Waals surface area contributed by atoms with Crippen molar-refractivity contribution in [2.45, 2.75) is 26.8 Å². The first-order chi connectivity index (χ1) is 19.8. The van der Waals surface area contributed by atoms with E-state index in [1.165, 1.54) is 0 Å². The number of aryl methyl sites for hydroxylation is 2. The predicted octanol–water partition coefficient (Wildman–Crippen LogP) is 4.27. The van der Waals surface area contributed by atoms with Gasteiger partial charge in [-0.15, -0.1) is 0 Å². The van der Waals surface area contributed by atoms with Crippen LogP contribution in [0.5, 0.6) is 0 Å². The average molecular weight is 542 g/mol. The topological polar surface area (TPSA) is 99.1 Å². The van der Waals surface area contributed by atoms with Crippen molar-refractivity contribution in [3.05, 3.63) is 124 Å². The number of amides is 1. The molecule has 6 rings (SSSR count). The Kier molecular flexibility index (Phi) is 6.44. The van der Waals surface area contributed by atoms with E-state index < -0.39 is 6.04 Å². The Morgan fingerprint density at radius 3 is 2.54 bits per heavy atom. The van der Waals surface area contributed by atoms with E-state index in [0.29, 0.717) is 39.1 Å². The van der Waals surface area contributed by atoms with Gasteiger partial charge in [0, 0.05) is 30.2 Å². The third kappa shape index (κ3) is 4.55. The van der Waals surface area contributed by atoms with Gasteiger partial charge in [0.15, 0.2) is 0 Å². The molecule has 9 nitrogen and oxygen atoms in total. The van der Waals surface area contributed by atoms with Gasteiger partial charge in [-0.2, -0.15) is 10.2 Å². The maximum Gasteiger partial charge on any atom is 0.264 e. The Bertz CT molecular complexity index is 2070. The first-order valence-corrected chi connectivity index (χ1v) is 13.2. The molecule has 0 aliphatic rings. The predicted molar refractivity (Wildman–Crippen MR) is 157 cm³/mol. The second-order valence-electron chi connectivity index (χ2n) is 9.90. The zero-order valence-electron chi connectivity index (χ0n) is 23.1. The van der Waals surface area contributed by atoms with E-state index in [9.17, 15) is 9.59 Å². The molecule has 0 unspecified atom stereocenters. The molecule has 4 heterocycles. The van der Waals surface area contributed by atoms with Crippen LogP contribution in [0.1, 0.15) is 51.5 Å². The minimum absolute atomic E-state index is 0.212. The van der Waals surface area contributed by atoms with E-state index >= 15 is 0 Å². The summed E-state index contributed by atoms with van der Waals surface area (Å²) in [5.74, 6) is 6.09. The molecular formula is C32H27N7O2. The number of hydrogen-bond donors (Lipinski definition) is 1. The molecular weight excluding hydrogens is 514 g/mol. The number of pyridine rings is 1. The number of hydrogen-bond acceptors (Lipinski definition) is 5. The number of carbonyl (C=O) groups excluding carboxylic acids is 1. The SMILES string of the molecule is Cc1nn2cnccc2c1C(=O)N[C@@H](C)c1cc2cccc(C#Cc3cnn(C)c3C)c2c(=O)n1-c1ccccc1. The second-order valence-corrected chi connectivity index (χ2v) is 9.90. The van der Waals surface area contributed by atoms with Gasteiger partial charge in [0.05, 0.1) is 45.7 Å². The first kappa shape index (κ1) is 25.8. The summed E-state index contributed by atoms with van der Waals surface area (Å²) >= 11 is 0. The maximum atomic E-state index is 14.2. The highest BCUT2D eigenvalue weighted by Gasteiger charge is 2.23. The molecule has 202 valence electrons. The Morgan fingerprint density at radius 1 is 1.00 bits per heavy atom. The zero-order valence-corrected chi connectivity index (χ0v) is 23.1. The summed E-state index contributed by atoms with van der Waals surface area (Å²) in [7, 11) is 1.87. The quantitative estimate of drug-likeness (QED) is 0.336. The number of aromatic nitrogens is 6. The largest absolute Gasteiger partial charge is 0.344 e. The fourth-order valence-corrected chi connectivity index (χ4v) is 5.06. The summed E-state index contributed by atoms with van der Waals surface area (Å²) in [4.78, 5) is 31.9. The highest BCUT2D eigenvalue weighted by molar-refractivity contribution is 6.02. The van der Waals surface area contributed by atoms with Crippen molar-refractivity contribution in [3.63, 3.8) is 0 Å². The summed E-state index contributed by atoms with van der Waals surface area (Å²) in [5, 5.41) is 13.0. The lowest BCUT2D eigenvalue weighted by molar-refractivity contribution is 0.0939. The molecule has 0 spiro atoms. The van der Waals surface area contributed by atoms with E-state index in [1.807, 2.05) is 75.5 Å². The van der Waals surface area contributed by atoms with Gasteiger partial charge >= 0.3 is 0 Å². The Balaban J connectivity index is 1.48. The van der Waals surface area contributed by atoms with Gasteiger partial charge in [0.25, 0.3) is 11.5 Å². The Morgan fingerprint density at radius 2 is 1.78 bits per heavy atom. The zero-order chi connectivity index (χ0) is 28.7. The minimum Gasteiger partial charge on any atom is -0.344 e. The molecule has 4 aromatic heterocycles. The standard InChI is InChI=1S/C32H27N7O2/c1-20(35-31(40)29-21(2)36-38-19-33-16-15-27(29)38)28-17-24-10-8-9-23(13-14-25-18-34-37(4)22(25)3)30(24)32(41)39(28)26-11-6-5-7-12-26/h5-12,15-20H,1-4H3,(H,35,40)/t20-/m0/s1. The normalized spacial score (nSPS) is 11.8. The van der Waals surface area contributed by atoms with Crippen LogP contribution in [0.3, 0.4) is 0 Å². The molecule has 0 saturated heterocycles. The number of fused-ring (bicyclic) bond motifs is 2. The lowest BCUT2D eigenvalue weighted by Gasteiger charge is -2.21. The third-order valence-corrected chi connectivity index (χ3v) is 7.29. The van der Waals surface area contributed by atoms with Crippen molar-refractivity contribution in [1.29, 1.82) is 0 Å². The average Bonchev–Trinajstić information content (AvgIpc) is 3.49. The van der Waals surface area contributed by atoms with E-state index in [1.54, 1.807) is 45.5 Å². The molecule has 0 radical (unpaired) electrons. The molecule has 9 heteroatoms. The molecule has 0 fully saturated rings. The number of benzene rings is 2. The summed E-state index contributed by atoms with van der Waals surface area (Å²) in [6, 6.07) is 18.2. The monoisotopic (exact) mass is 541 g/mol. The van der Waals surface area contributed by atoms with Gasteiger partial charge in [-0.1, -0.05) is 42.2 Å². The molecule has 0 saturated carbocycles. The number of para-hydroxylation sites is 1. The van der Waals surface area contributed by atoms with Crippen LogP contribution in [0, 0.1) is 25.7 Å². The van der Waals surface area contributed by atoms with Crippen LogP contribution in [-0.4, -0.2) is 34.9 Å². The van der Waals surface area contributed by atoms with Gasteiger partial charge < -0.3 is 5.32 Å². The maximum absolute atomic E-state index is 14.2. The van der Waals surface area contributed by atoms with E-state index in [-0.39, 0.29) is 11.5 Å². The van der Waals surface area contributed by atoms with Crippen LogP contribution in [0.4, 0.5) is 0 Å². The van der Waals surface area contributed by atoms with Crippen LogP contribution in [-0.2, 0) is 7.05 Å². The van der Waals surface area contributed by atoms with Crippen LogP contribution in [0.15, 0.2) is 84.2 Å². The van der Waals surface area contributed by atoms with Gasteiger partial charge in [0.2, 0.25) is 0 Å². The highest BCUT2D eigenvalue weighted by atomic mass is 16.2. The molecule has 1 atom stereocenters. The number of nitrogens with one attached hydrogen (secondary N) is 1. The summed E-state index contributed by atoms with van der Waals surface area (Å²) in [6.07, 6.45) is 4.92. The minimum atomic E-state index is -0.510. The van der Waals surface area contributed by atoms with Crippen molar-refractivity contribution in [2.24, 2.45) is 7.05 Å². The first-order valence-electron chi connectivity index (χ1n) is 13.2. The van der Waals surface area contributed by atoms with Crippen molar-refractivity contribution >= 4 is 22.2 Å². The molecule has 0 aliphatic heterocycles. The fraction of sp³-hybridized carbons (Fsp3) is 0.156. The smallest absolute Gasteiger partial charge is 0.264 e. The van der Waals surface area contributed by atoms with Crippen LogP contribution in [0.2, 0.25) is 0 Å². The summed E-state index contributed by atoms with van der Waals surface area (Å²) in [5.41, 5.74) is 5.23. The molecule has 1 amide bonds. The molecule has 2 aromatic carbocycles. The van der Waals surface area contributed by atoms with Crippen molar-refractivity contribution in [3.8, 4) is 17.5 Å². The third-order valence-electron chi connectivity index (χ3n) is 7.29. The lowest BCUT2D eigenvalue weighted by Crippen LogP contribution is -2.32. The summed E-state index contributed by atoms with van der Waals surface area (Å²) < 4.78 is 5.00. The van der Waals surface area contributed by atoms with Crippen molar-refractivity contribution in [2.75, 3.05) is 0 Å². The molecule has 6 aromatic rings. The van der Waals surface area contributed by atoms with Crippen molar-refractivity contribution in [1.82, 2.24) is 34.3 Å². The lowest BCUT2D eigenvalue weighted by atomic mass is 10.0. The molecule has 0 bridgehead atoms. The van der Waals surface area contributed by atoms with Gasteiger partial charge in [0.1, 0.15) is 6.33 Å². The molecule has 1 N–H and O–H groups in total. The Hall–Kier alpha value is -5.49. The van der Waals surface area contributed by atoms with E-state index in [2.05, 4.69) is 32.3 Å². The van der Waals surface area contributed by atoms with Crippen LogP contribution >= 0.6 is 0 Å². The van der Waals surface area contributed by atoms with E-state index in [4.69, 9.17) is 0 Å². The molecule has 41 heavy (non-hydrogen) atoms. The van der Waals surface area contributed by atoms with Gasteiger partial charge in [-0.05, 0) is 56.5 Å². The van der Waals surface area contributed by atoms with Crippen LogP contribution < -0.4 is 10.9 Å². The number of carbonyl (C=O) groups is 1. The van der Waals surface area contributed by atoms with Gasteiger partial charge in [-0.3, -0.25) is 18.8 Å². The summed E-state index contributed by atoms with van der Waals surface area (Å²) in [6.45, 7) is 5.61. The second kappa shape index (κ2) is 10.2. The van der Waals surface area contributed by atoms with Crippen LogP contribution in [0.25, 0.3) is 22.0 Å². The number of nitrogens with zero attached hydrogens (tertiary/aromatic N) is 6. The highest BCUT2D eigenvalue weighted by Crippen LogP contribution is 2.24. The van der Waals surface area contributed by atoms with E-state index in [0.717, 1.165) is 16.6 Å². The Labute approximate surface area is 236 Å². The number of rotatable bonds is 4. The van der Waals surface area contributed by atoms with Gasteiger partial charge in [-0.25, -0.2) is 9.50 Å². The molecule has 0 aliphatic carbocycles.